The van der Waals surface area contributed by atoms with Crippen molar-refractivity contribution < 1.29 is 9.53 Å². The van der Waals surface area contributed by atoms with Gasteiger partial charge in [-0.3, -0.25) is 4.79 Å². The van der Waals surface area contributed by atoms with Gasteiger partial charge in [-0.2, -0.15) is 0 Å². The Hall–Kier alpha value is -2.11. The van der Waals surface area contributed by atoms with Crippen LogP contribution < -0.4 is 0 Å². The van der Waals surface area contributed by atoms with Gasteiger partial charge in [0.1, 0.15) is 0 Å². The summed E-state index contributed by atoms with van der Waals surface area (Å²) in [5.74, 6) is 0.0558. The lowest BCUT2D eigenvalue weighted by Crippen LogP contribution is -2.39. The summed E-state index contributed by atoms with van der Waals surface area (Å²) in [5, 5.41) is 1.23. The molecule has 0 bridgehead atoms. The molecule has 0 spiro atoms. The van der Waals surface area contributed by atoms with E-state index in [1.807, 2.05) is 17.0 Å². The van der Waals surface area contributed by atoms with Gasteiger partial charge >= 0.3 is 0 Å². The minimum atomic E-state index is 0.0558. The van der Waals surface area contributed by atoms with Crippen molar-refractivity contribution in [3.63, 3.8) is 0 Å². The molecule has 0 radical (unpaired) electrons. The highest BCUT2D eigenvalue weighted by Crippen LogP contribution is 2.21. The summed E-state index contributed by atoms with van der Waals surface area (Å²) in [6, 6.07) is 6.27. The average molecular weight is 327 g/mol. The second-order valence-electron chi connectivity index (χ2n) is 6.44. The lowest BCUT2D eigenvalue weighted by Gasteiger charge is -2.25. The third kappa shape index (κ3) is 4.04. The van der Waals surface area contributed by atoms with Crippen molar-refractivity contribution in [1.29, 1.82) is 0 Å². The minimum Gasteiger partial charge on any atom is -0.378 e. The van der Waals surface area contributed by atoms with Gasteiger partial charge in [0.2, 0.25) is 5.91 Å². The SMILES string of the molecule is CN(C)CCc1c[nH]c2ccc(C=CC(=O)N3CCOCC3)cc12. The molecule has 5 nitrogen and oxygen atoms in total. The van der Waals surface area contributed by atoms with Gasteiger partial charge in [-0.15, -0.1) is 0 Å². The summed E-state index contributed by atoms with van der Waals surface area (Å²) in [6.45, 7) is 3.63. The quantitative estimate of drug-likeness (QED) is 0.856. The Kier molecular flexibility index (Phi) is 5.33. The number of likely N-dealkylation sites (N-methyl/N-ethyl adjacent to an activating group) is 1. The van der Waals surface area contributed by atoms with Crippen molar-refractivity contribution in [3.05, 3.63) is 41.6 Å². The van der Waals surface area contributed by atoms with E-state index in [9.17, 15) is 4.79 Å². The molecule has 0 atom stereocenters. The molecule has 24 heavy (non-hydrogen) atoms. The molecular weight excluding hydrogens is 302 g/mol. The first-order valence-electron chi connectivity index (χ1n) is 8.43. The molecule has 0 unspecified atom stereocenters. The van der Waals surface area contributed by atoms with E-state index in [4.69, 9.17) is 4.74 Å². The van der Waals surface area contributed by atoms with Crippen molar-refractivity contribution >= 4 is 22.9 Å². The number of benzene rings is 1. The second kappa shape index (κ2) is 7.64. The van der Waals surface area contributed by atoms with E-state index in [0.29, 0.717) is 26.3 Å². The van der Waals surface area contributed by atoms with Crippen LogP contribution in [0.25, 0.3) is 17.0 Å². The zero-order chi connectivity index (χ0) is 16.9. The van der Waals surface area contributed by atoms with Gasteiger partial charge in [-0.25, -0.2) is 0 Å². The Morgan fingerprint density at radius 2 is 2.12 bits per heavy atom. The van der Waals surface area contributed by atoms with E-state index < -0.39 is 0 Å². The first-order chi connectivity index (χ1) is 11.6. The fourth-order valence-electron chi connectivity index (χ4n) is 2.91. The zero-order valence-electron chi connectivity index (χ0n) is 14.4. The first-order valence-corrected chi connectivity index (χ1v) is 8.43. The summed E-state index contributed by atoms with van der Waals surface area (Å²) >= 11 is 0. The van der Waals surface area contributed by atoms with Gasteiger partial charge in [-0.05, 0) is 49.9 Å². The third-order valence-corrected chi connectivity index (χ3v) is 4.36. The van der Waals surface area contributed by atoms with Crippen molar-refractivity contribution in [2.75, 3.05) is 46.9 Å². The number of aromatic nitrogens is 1. The fourth-order valence-corrected chi connectivity index (χ4v) is 2.91. The van der Waals surface area contributed by atoms with Crippen LogP contribution in [-0.2, 0) is 16.0 Å². The number of ether oxygens (including phenoxy) is 1. The van der Waals surface area contributed by atoms with Crippen LogP contribution in [0, 0.1) is 0 Å². The van der Waals surface area contributed by atoms with Crippen LogP contribution in [0.5, 0.6) is 0 Å². The maximum absolute atomic E-state index is 12.2. The summed E-state index contributed by atoms with van der Waals surface area (Å²) in [4.78, 5) is 19.5. The largest absolute Gasteiger partial charge is 0.378 e. The Morgan fingerprint density at radius 3 is 2.88 bits per heavy atom. The summed E-state index contributed by atoms with van der Waals surface area (Å²) < 4.78 is 5.28. The van der Waals surface area contributed by atoms with E-state index in [0.717, 1.165) is 24.0 Å². The topological polar surface area (TPSA) is 48.6 Å². The van der Waals surface area contributed by atoms with Gasteiger partial charge < -0.3 is 19.5 Å². The molecule has 2 heterocycles. The number of nitrogens with zero attached hydrogens (tertiary/aromatic N) is 2. The zero-order valence-corrected chi connectivity index (χ0v) is 14.4. The normalized spacial score (nSPS) is 15.7. The summed E-state index contributed by atoms with van der Waals surface area (Å²) in [6.07, 6.45) is 6.66. The Labute approximate surface area is 142 Å². The highest BCUT2D eigenvalue weighted by Gasteiger charge is 2.14. The Bertz CT molecular complexity index is 727. The number of rotatable bonds is 5. The van der Waals surface area contributed by atoms with Crippen molar-refractivity contribution in [2.24, 2.45) is 0 Å². The molecule has 1 amide bonds. The molecule has 3 rings (SSSR count). The first kappa shape index (κ1) is 16.7. The molecule has 0 aliphatic carbocycles. The van der Waals surface area contributed by atoms with Crippen LogP contribution in [-0.4, -0.2) is 67.6 Å². The van der Waals surface area contributed by atoms with Crippen LogP contribution in [0.1, 0.15) is 11.1 Å². The fraction of sp³-hybridized carbons (Fsp3) is 0.421. The number of morpholine rings is 1. The molecule has 1 aromatic carbocycles. The van der Waals surface area contributed by atoms with E-state index in [1.165, 1.54) is 10.9 Å². The molecule has 2 aromatic rings. The smallest absolute Gasteiger partial charge is 0.246 e. The molecule has 5 heteroatoms. The molecule has 0 saturated carbocycles. The Balaban J connectivity index is 1.73. The number of aromatic amines is 1. The number of carbonyl (C=O) groups is 1. The van der Waals surface area contributed by atoms with E-state index in [1.54, 1.807) is 6.08 Å². The molecule has 128 valence electrons. The highest BCUT2D eigenvalue weighted by atomic mass is 16.5. The molecule has 1 saturated heterocycles. The number of hydrogen-bond donors (Lipinski definition) is 1. The molecule has 1 aromatic heterocycles. The molecule has 1 aliphatic heterocycles. The standard InChI is InChI=1S/C19H25N3O2/c1-21(2)8-7-16-14-20-18-5-3-15(13-17(16)18)4-6-19(23)22-9-11-24-12-10-22/h3-6,13-14,20H,7-12H2,1-2H3. The van der Waals surface area contributed by atoms with Crippen LogP contribution in [0.3, 0.4) is 0 Å². The lowest BCUT2D eigenvalue weighted by atomic mass is 10.1. The predicted molar refractivity (Wildman–Crippen MR) is 97.0 cm³/mol. The van der Waals surface area contributed by atoms with E-state index >= 15 is 0 Å². The number of fused-ring (bicyclic) bond motifs is 1. The summed E-state index contributed by atoms with van der Waals surface area (Å²) in [7, 11) is 4.17. The minimum absolute atomic E-state index is 0.0558. The number of H-pyrrole nitrogens is 1. The van der Waals surface area contributed by atoms with Gasteiger partial charge in [0.25, 0.3) is 0 Å². The van der Waals surface area contributed by atoms with Gasteiger partial charge in [0, 0.05) is 42.8 Å². The van der Waals surface area contributed by atoms with Crippen molar-refractivity contribution in [3.8, 4) is 0 Å². The van der Waals surface area contributed by atoms with Crippen molar-refractivity contribution in [2.45, 2.75) is 6.42 Å². The van der Waals surface area contributed by atoms with Crippen LogP contribution >= 0.6 is 0 Å². The lowest BCUT2D eigenvalue weighted by molar-refractivity contribution is -0.129. The van der Waals surface area contributed by atoms with Crippen molar-refractivity contribution in [1.82, 2.24) is 14.8 Å². The number of carbonyl (C=O) groups excluding carboxylic acids is 1. The van der Waals surface area contributed by atoms with E-state index in [-0.39, 0.29) is 5.91 Å². The van der Waals surface area contributed by atoms with Gasteiger partial charge in [0.05, 0.1) is 13.2 Å². The Morgan fingerprint density at radius 1 is 1.33 bits per heavy atom. The van der Waals surface area contributed by atoms with Gasteiger partial charge in [-0.1, -0.05) is 6.07 Å². The molecule has 1 aliphatic rings. The average Bonchev–Trinajstić information content (AvgIpc) is 3.01. The maximum atomic E-state index is 12.2. The maximum Gasteiger partial charge on any atom is 0.246 e. The highest BCUT2D eigenvalue weighted by molar-refractivity contribution is 5.93. The van der Waals surface area contributed by atoms with Gasteiger partial charge in [0.15, 0.2) is 0 Å². The second-order valence-corrected chi connectivity index (χ2v) is 6.44. The number of hydrogen-bond acceptors (Lipinski definition) is 3. The van der Waals surface area contributed by atoms with Crippen LogP contribution in [0.4, 0.5) is 0 Å². The molecule has 1 fully saturated rings. The molecule has 1 N–H and O–H groups in total. The monoisotopic (exact) mass is 327 g/mol. The predicted octanol–water partition coefficient (Wildman–Crippen LogP) is 2.14. The number of nitrogens with one attached hydrogen (secondary N) is 1. The van der Waals surface area contributed by atoms with Crippen LogP contribution in [0.15, 0.2) is 30.5 Å². The number of amides is 1. The third-order valence-electron chi connectivity index (χ3n) is 4.36. The van der Waals surface area contributed by atoms with Crippen LogP contribution in [0.2, 0.25) is 0 Å². The molecular formula is C19H25N3O2. The van der Waals surface area contributed by atoms with E-state index in [2.05, 4.69) is 42.3 Å². The summed E-state index contributed by atoms with van der Waals surface area (Å²) in [5.41, 5.74) is 3.50.